The van der Waals surface area contributed by atoms with Crippen molar-refractivity contribution in [2.75, 3.05) is 13.2 Å². The second kappa shape index (κ2) is 9.02. The molecule has 2 aromatic heterocycles. The van der Waals surface area contributed by atoms with Crippen LogP contribution >= 0.6 is 0 Å². The Morgan fingerprint density at radius 2 is 1.91 bits per heavy atom. The molecule has 35 heavy (non-hydrogen) atoms. The van der Waals surface area contributed by atoms with Crippen molar-refractivity contribution in [1.82, 2.24) is 25.3 Å². The van der Waals surface area contributed by atoms with Crippen molar-refractivity contribution in [3.63, 3.8) is 0 Å². The Labute approximate surface area is 202 Å². The summed E-state index contributed by atoms with van der Waals surface area (Å²) in [5.74, 6) is 0.948. The Morgan fingerprint density at radius 1 is 1.03 bits per heavy atom. The zero-order valence-corrected chi connectivity index (χ0v) is 19.0. The predicted molar refractivity (Wildman–Crippen MR) is 133 cm³/mol. The number of aromatic nitrogens is 4. The Morgan fingerprint density at radius 3 is 2.89 bits per heavy atom. The molecule has 0 aliphatic carbocycles. The lowest BCUT2D eigenvalue weighted by atomic mass is 10.0. The molecular formula is C28H23N5O2. The summed E-state index contributed by atoms with van der Waals surface area (Å²) >= 11 is 0. The molecule has 7 heteroatoms. The topological polar surface area (TPSA) is 81.9 Å². The highest BCUT2D eigenvalue weighted by molar-refractivity contribution is 5.95. The normalized spacial score (nSPS) is 14.5. The molecule has 1 N–H and O–H groups in total. The molecule has 1 atom stereocenters. The summed E-state index contributed by atoms with van der Waals surface area (Å²) in [6.45, 7) is 1.55. The maximum Gasteiger partial charge on any atom is 0.251 e. The molecule has 0 radical (unpaired) electrons. The quantitative estimate of drug-likeness (QED) is 0.404. The van der Waals surface area contributed by atoms with Crippen molar-refractivity contribution in [2.45, 2.75) is 12.5 Å². The van der Waals surface area contributed by atoms with Gasteiger partial charge in [-0.25, -0.2) is 4.68 Å². The smallest absolute Gasteiger partial charge is 0.251 e. The summed E-state index contributed by atoms with van der Waals surface area (Å²) in [7, 11) is 0. The fraction of sp³-hybridized carbons (Fsp3) is 0.143. The number of benzene rings is 3. The van der Waals surface area contributed by atoms with Crippen molar-refractivity contribution in [1.29, 1.82) is 0 Å². The number of carbonyl (C=O) groups is 1. The van der Waals surface area contributed by atoms with Gasteiger partial charge in [-0.05, 0) is 35.2 Å². The SMILES string of the molecule is O=C(NCC1COc2ccccc21)c1ccccc1Cn1cc(-c2ccc3cnccc3c2)nn1. The van der Waals surface area contributed by atoms with E-state index in [9.17, 15) is 4.79 Å². The highest BCUT2D eigenvalue weighted by Gasteiger charge is 2.24. The Bertz CT molecular complexity index is 1530. The van der Waals surface area contributed by atoms with Crippen LogP contribution in [0.25, 0.3) is 22.0 Å². The predicted octanol–water partition coefficient (Wildman–Crippen LogP) is 4.45. The summed E-state index contributed by atoms with van der Waals surface area (Å²) in [6, 6.07) is 23.7. The van der Waals surface area contributed by atoms with E-state index in [1.54, 1.807) is 10.9 Å². The molecule has 3 heterocycles. The van der Waals surface area contributed by atoms with Crippen LogP contribution in [0.4, 0.5) is 0 Å². The van der Waals surface area contributed by atoms with Gasteiger partial charge in [0.1, 0.15) is 11.4 Å². The van der Waals surface area contributed by atoms with Gasteiger partial charge in [-0.15, -0.1) is 5.10 Å². The molecule has 0 bridgehead atoms. The summed E-state index contributed by atoms with van der Waals surface area (Å²) in [5, 5.41) is 13.9. The van der Waals surface area contributed by atoms with Gasteiger partial charge in [0.25, 0.3) is 5.91 Å². The van der Waals surface area contributed by atoms with E-state index in [2.05, 4.69) is 32.7 Å². The number of hydrogen-bond acceptors (Lipinski definition) is 5. The van der Waals surface area contributed by atoms with Gasteiger partial charge in [0, 0.05) is 46.9 Å². The van der Waals surface area contributed by atoms with Gasteiger partial charge in [-0.3, -0.25) is 9.78 Å². The first kappa shape index (κ1) is 21.0. The highest BCUT2D eigenvalue weighted by Crippen LogP contribution is 2.33. The van der Waals surface area contributed by atoms with Crippen LogP contribution in [-0.4, -0.2) is 39.0 Å². The van der Waals surface area contributed by atoms with Gasteiger partial charge in [-0.2, -0.15) is 0 Å². The van der Waals surface area contributed by atoms with E-state index in [1.807, 2.05) is 73.1 Å². The van der Waals surface area contributed by atoms with E-state index in [0.717, 1.165) is 38.9 Å². The minimum atomic E-state index is -0.103. The van der Waals surface area contributed by atoms with Crippen LogP contribution < -0.4 is 10.1 Å². The fourth-order valence-corrected chi connectivity index (χ4v) is 4.51. The number of nitrogens with zero attached hydrogens (tertiary/aromatic N) is 4. The molecule has 3 aromatic carbocycles. The third-order valence-corrected chi connectivity index (χ3v) is 6.38. The molecule has 1 amide bonds. The van der Waals surface area contributed by atoms with Gasteiger partial charge < -0.3 is 10.1 Å². The maximum atomic E-state index is 13.1. The molecule has 0 saturated heterocycles. The lowest BCUT2D eigenvalue weighted by molar-refractivity contribution is 0.0949. The van der Waals surface area contributed by atoms with Crippen LogP contribution in [0.15, 0.2) is 91.4 Å². The average Bonchev–Trinajstić information content (AvgIpc) is 3.54. The third kappa shape index (κ3) is 4.24. The van der Waals surface area contributed by atoms with E-state index in [0.29, 0.717) is 25.3 Å². The highest BCUT2D eigenvalue weighted by atomic mass is 16.5. The van der Waals surface area contributed by atoms with Gasteiger partial charge in [0.15, 0.2) is 0 Å². The molecule has 1 aliphatic rings. The van der Waals surface area contributed by atoms with Crippen LogP contribution in [0.1, 0.15) is 27.4 Å². The Hall–Kier alpha value is -4.52. The van der Waals surface area contributed by atoms with Crippen LogP contribution in [0.5, 0.6) is 5.75 Å². The van der Waals surface area contributed by atoms with Crippen LogP contribution in [0.2, 0.25) is 0 Å². The van der Waals surface area contributed by atoms with Crippen LogP contribution in [0, 0.1) is 0 Å². The number of ether oxygens (including phenoxy) is 1. The average molecular weight is 462 g/mol. The van der Waals surface area contributed by atoms with Gasteiger partial charge in [-0.1, -0.05) is 53.7 Å². The van der Waals surface area contributed by atoms with E-state index in [1.165, 1.54) is 0 Å². The largest absolute Gasteiger partial charge is 0.493 e. The Kier molecular flexibility index (Phi) is 5.42. The van der Waals surface area contributed by atoms with E-state index >= 15 is 0 Å². The monoisotopic (exact) mass is 461 g/mol. The van der Waals surface area contributed by atoms with E-state index < -0.39 is 0 Å². The number of nitrogens with one attached hydrogen (secondary N) is 1. The molecule has 7 nitrogen and oxygen atoms in total. The lowest BCUT2D eigenvalue weighted by Gasteiger charge is -2.13. The molecule has 0 spiro atoms. The standard InChI is InChI=1S/C28H23N5O2/c34-28(30-15-23-18-35-27-8-4-3-6-24(23)27)25-7-2-1-5-22(25)16-33-17-26(31-32-33)20-9-10-21-14-29-12-11-19(21)13-20/h1-14,17,23H,15-16,18H2,(H,30,34). The minimum absolute atomic E-state index is 0.103. The van der Waals surface area contributed by atoms with Gasteiger partial charge in [0.05, 0.1) is 19.3 Å². The summed E-state index contributed by atoms with van der Waals surface area (Å²) in [4.78, 5) is 17.2. The van der Waals surface area contributed by atoms with Crippen molar-refractivity contribution in [3.05, 3.63) is 108 Å². The van der Waals surface area contributed by atoms with E-state index in [-0.39, 0.29) is 11.8 Å². The molecule has 6 rings (SSSR count). The van der Waals surface area contributed by atoms with Gasteiger partial charge in [0.2, 0.25) is 0 Å². The Balaban J connectivity index is 1.17. The lowest BCUT2D eigenvalue weighted by Crippen LogP contribution is -2.30. The second-order valence-corrected chi connectivity index (χ2v) is 8.65. The number of pyridine rings is 1. The fourth-order valence-electron chi connectivity index (χ4n) is 4.51. The van der Waals surface area contributed by atoms with Crippen molar-refractivity contribution >= 4 is 16.7 Å². The molecular weight excluding hydrogens is 438 g/mol. The first-order valence-corrected chi connectivity index (χ1v) is 11.6. The number of para-hydroxylation sites is 1. The molecule has 0 fully saturated rings. The first-order chi connectivity index (χ1) is 17.2. The molecule has 172 valence electrons. The van der Waals surface area contributed by atoms with Crippen LogP contribution in [-0.2, 0) is 6.54 Å². The number of rotatable bonds is 6. The summed E-state index contributed by atoms with van der Waals surface area (Å²) in [5.41, 5.74) is 4.43. The molecule has 0 saturated carbocycles. The first-order valence-electron chi connectivity index (χ1n) is 11.6. The summed E-state index contributed by atoms with van der Waals surface area (Å²) in [6.07, 6.45) is 5.53. The minimum Gasteiger partial charge on any atom is -0.493 e. The van der Waals surface area contributed by atoms with Crippen molar-refractivity contribution in [2.24, 2.45) is 0 Å². The third-order valence-electron chi connectivity index (χ3n) is 6.38. The van der Waals surface area contributed by atoms with E-state index in [4.69, 9.17) is 4.74 Å². The molecule has 1 unspecified atom stereocenters. The number of hydrogen-bond donors (Lipinski definition) is 1. The van der Waals surface area contributed by atoms with Crippen LogP contribution in [0.3, 0.4) is 0 Å². The zero-order chi connectivity index (χ0) is 23.6. The number of fused-ring (bicyclic) bond motifs is 2. The zero-order valence-electron chi connectivity index (χ0n) is 19.0. The van der Waals surface area contributed by atoms with Crippen molar-refractivity contribution < 1.29 is 9.53 Å². The number of amides is 1. The molecule has 5 aromatic rings. The molecule has 1 aliphatic heterocycles. The van der Waals surface area contributed by atoms with Crippen molar-refractivity contribution in [3.8, 4) is 17.0 Å². The van der Waals surface area contributed by atoms with Gasteiger partial charge >= 0.3 is 0 Å². The maximum absolute atomic E-state index is 13.1. The number of carbonyl (C=O) groups excluding carboxylic acids is 1. The second-order valence-electron chi connectivity index (χ2n) is 8.65. The summed E-state index contributed by atoms with van der Waals surface area (Å²) < 4.78 is 7.50.